The van der Waals surface area contributed by atoms with Crippen molar-refractivity contribution in [2.45, 2.75) is 53.2 Å². The zero-order chi connectivity index (χ0) is 21.6. The molecule has 156 valence electrons. The highest BCUT2D eigenvalue weighted by Crippen LogP contribution is 2.21. The van der Waals surface area contributed by atoms with E-state index in [1.165, 1.54) is 0 Å². The quantitative estimate of drug-likeness (QED) is 0.698. The lowest BCUT2D eigenvalue weighted by atomic mass is 10.1. The van der Waals surface area contributed by atoms with Crippen molar-refractivity contribution in [1.29, 1.82) is 0 Å². The number of nitrogens with one attached hydrogen (secondary N) is 1. The van der Waals surface area contributed by atoms with Crippen LogP contribution in [-0.4, -0.2) is 35.4 Å². The highest BCUT2D eigenvalue weighted by atomic mass is 35.5. The molecule has 2 aromatic rings. The fourth-order valence-electron chi connectivity index (χ4n) is 2.81. The van der Waals surface area contributed by atoms with E-state index in [0.717, 1.165) is 16.7 Å². The van der Waals surface area contributed by atoms with E-state index in [4.69, 9.17) is 16.3 Å². The molecule has 0 unspecified atom stereocenters. The van der Waals surface area contributed by atoms with Gasteiger partial charge in [-0.2, -0.15) is 0 Å². The Bertz CT molecular complexity index is 850. The van der Waals surface area contributed by atoms with Gasteiger partial charge in [0, 0.05) is 17.6 Å². The summed E-state index contributed by atoms with van der Waals surface area (Å²) in [6.45, 7) is 9.56. The standard InChI is InChI=1S/C23H29ClN2O3/c1-15(2)25-23(28)18(5)26(13-19-8-6-16(3)7-9-19)22(27)14-29-20-10-11-21(24)17(4)12-20/h6-12,15,18H,13-14H2,1-5H3,(H,25,28)/t18-/m1/s1. The van der Waals surface area contributed by atoms with Crippen LogP contribution in [0.1, 0.15) is 37.5 Å². The third kappa shape index (κ3) is 6.79. The SMILES string of the molecule is Cc1ccc(CN(C(=O)COc2ccc(Cl)c(C)c2)[C@H](C)C(=O)NC(C)C)cc1. The first-order valence-corrected chi connectivity index (χ1v) is 10.1. The largest absolute Gasteiger partial charge is 0.484 e. The fraction of sp³-hybridized carbons (Fsp3) is 0.391. The number of nitrogens with zero attached hydrogens (tertiary/aromatic N) is 1. The van der Waals surface area contributed by atoms with Gasteiger partial charge in [-0.05, 0) is 63.9 Å². The first kappa shape index (κ1) is 22.8. The maximum absolute atomic E-state index is 13.0. The third-order valence-corrected chi connectivity index (χ3v) is 4.99. The van der Waals surface area contributed by atoms with Crippen molar-refractivity contribution in [1.82, 2.24) is 10.2 Å². The molecule has 1 atom stereocenters. The van der Waals surface area contributed by atoms with Gasteiger partial charge in [0.25, 0.3) is 5.91 Å². The van der Waals surface area contributed by atoms with Crippen LogP contribution in [0.3, 0.4) is 0 Å². The molecular weight excluding hydrogens is 388 g/mol. The molecule has 6 heteroatoms. The normalized spacial score (nSPS) is 11.8. The van der Waals surface area contributed by atoms with E-state index < -0.39 is 6.04 Å². The first-order valence-electron chi connectivity index (χ1n) is 9.71. The number of carbonyl (C=O) groups is 2. The van der Waals surface area contributed by atoms with E-state index in [2.05, 4.69) is 5.32 Å². The lowest BCUT2D eigenvalue weighted by Gasteiger charge is -2.29. The van der Waals surface area contributed by atoms with Crippen molar-refractivity contribution in [2.75, 3.05) is 6.61 Å². The number of aryl methyl sites for hydroxylation is 2. The summed E-state index contributed by atoms with van der Waals surface area (Å²) < 4.78 is 5.67. The summed E-state index contributed by atoms with van der Waals surface area (Å²) in [6.07, 6.45) is 0. The van der Waals surface area contributed by atoms with Crippen LogP contribution in [0.25, 0.3) is 0 Å². The van der Waals surface area contributed by atoms with Crippen molar-refractivity contribution in [3.05, 3.63) is 64.2 Å². The van der Waals surface area contributed by atoms with Crippen molar-refractivity contribution in [2.24, 2.45) is 0 Å². The van der Waals surface area contributed by atoms with Crippen LogP contribution in [0.4, 0.5) is 0 Å². The van der Waals surface area contributed by atoms with Gasteiger partial charge in [-0.25, -0.2) is 0 Å². The Kier molecular flexibility index (Phi) is 8.09. The molecule has 0 fully saturated rings. The zero-order valence-electron chi connectivity index (χ0n) is 17.7. The summed E-state index contributed by atoms with van der Waals surface area (Å²) >= 11 is 6.04. The molecule has 29 heavy (non-hydrogen) atoms. The van der Waals surface area contributed by atoms with Gasteiger partial charge in [0.15, 0.2) is 6.61 Å². The number of rotatable bonds is 8. The number of hydrogen-bond donors (Lipinski definition) is 1. The lowest BCUT2D eigenvalue weighted by molar-refractivity contribution is -0.142. The molecular formula is C23H29ClN2O3. The van der Waals surface area contributed by atoms with Crippen LogP contribution in [0.2, 0.25) is 5.02 Å². The molecule has 0 radical (unpaired) electrons. The summed E-state index contributed by atoms with van der Waals surface area (Å²) in [5, 5.41) is 3.51. The van der Waals surface area contributed by atoms with Gasteiger partial charge in [-0.3, -0.25) is 9.59 Å². The van der Waals surface area contributed by atoms with Crippen LogP contribution in [0.15, 0.2) is 42.5 Å². The average Bonchev–Trinajstić information content (AvgIpc) is 2.67. The number of halogens is 1. The number of benzene rings is 2. The Morgan fingerprint density at radius 2 is 1.72 bits per heavy atom. The van der Waals surface area contributed by atoms with Gasteiger partial charge in [0.2, 0.25) is 5.91 Å². The number of carbonyl (C=O) groups excluding carboxylic acids is 2. The lowest BCUT2D eigenvalue weighted by Crippen LogP contribution is -2.50. The topological polar surface area (TPSA) is 58.6 Å². The predicted octanol–water partition coefficient (Wildman–Crippen LogP) is 4.28. The molecule has 0 aliphatic carbocycles. The molecule has 0 aliphatic heterocycles. The van der Waals surface area contributed by atoms with Gasteiger partial charge in [-0.1, -0.05) is 41.4 Å². The Labute approximate surface area is 178 Å². The Morgan fingerprint density at radius 3 is 2.31 bits per heavy atom. The van der Waals surface area contributed by atoms with Crippen molar-refractivity contribution < 1.29 is 14.3 Å². The van der Waals surface area contributed by atoms with Crippen LogP contribution in [0, 0.1) is 13.8 Å². The van der Waals surface area contributed by atoms with E-state index >= 15 is 0 Å². The average molecular weight is 417 g/mol. The molecule has 2 aromatic carbocycles. The molecule has 0 saturated carbocycles. The molecule has 0 spiro atoms. The van der Waals surface area contributed by atoms with E-state index in [1.54, 1.807) is 30.0 Å². The maximum Gasteiger partial charge on any atom is 0.261 e. The predicted molar refractivity (Wildman–Crippen MR) is 116 cm³/mol. The summed E-state index contributed by atoms with van der Waals surface area (Å²) in [5.41, 5.74) is 2.96. The van der Waals surface area contributed by atoms with Gasteiger partial charge in [0.05, 0.1) is 0 Å². The smallest absolute Gasteiger partial charge is 0.261 e. The third-order valence-electron chi connectivity index (χ3n) is 4.56. The minimum Gasteiger partial charge on any atom is -0.484 e. The molecule has 2 rings (SSSR count). The summed E-state index contributed by atoms with van der Waals surface area (Å²) in [7, 11) is 0. The maximum atomic E-state index is 13.0. The highest BCUT2D eigenvalue weighted by molar-refractivity contribution is 6.31. The molecule has 1 N–H and O–H groups in total. The Hall–Kier alpha value is -2.53. The number of hydrogen-bond acceptors (Lipinski definition) is 3. The van der Waals surface area contributed by atoms with Crippen LogP contribution < -0.4 is 10.1 Å². The number of ether oxygens (including phenoxy) is 1. The van der Waals surface area contributed by atoms with Gasteiger partial charge in [-0.15, -0.1) is 0 Å². The Balaban J connectivity index is 2.15. The van der Waals surface area contributed by atoms with Crippen molar-refractivity contribution in [3.63, 3.8) is 0 Å². The molecule has 0 heterocycles. The molecule has 0 aromatic heterocycles. The molecule has 2 amide bonds. The summed E-state index contributed by atoms with van der Waals surface area (Å²) in [4.78, 5) is 27.1. The van der Waals surface area contributed by atoms with E-state index in [0.29, 0.717) is 17.3 Å². The second kappa shape index (κ2) is 10.3. The monoisotopic (exact) mass is 416 g/mol. The van der Waals surface area contributed by atoms with E-state index in [1.807, 2.05) is 52.0 Å². The minimum absolute atomic E-state index is 0.00503. The highest BCUT2D eigenvalue weighted by Gasteiger charge is 2.26. The van der Waals surface area contributed by atoms with Crippen molar-refractivity contribution in [3.8, 4) is 5.75 Å². The second-order valence-electron chi connectivity index (χ2n) is 7.55. The zero-order valence-corrected chi connectivity index (χ0v) is 18.4. The van der Waals surface area contributed by atoms with Crippen molar-refractivity contribution >= 4 is 23.4 Å². The molecule has 0 saturated heterocycles. The Morgan fingerprint density at radius 1 is 1.07 bits per heavy atom. The number of amides is 2. The van der Waals surface area contributed by atoms with Gasteiger partial charge < -0.3 is 15.0 Å². The summed E-state index contributed by atoms with van der Waals surface area (Å²) in [5.74, 6) is 0.113. The summed E-state index contributed by atoms with van der Waals surface area (Å²) in [6, 6.07) is 12.5. The van der Waals surface area contributed by atoms with E-state index in [-0.39, 0.29) is 24.5 Å². The van der Waals surface area contributed by atoms with E-state index in [9.17, 15) is 9.59 Å². The molecule has 0 aliphatic rings. The molecule has 0 bridgehead atoms. The minimum atomic E-state index is -0.623. The van der Waals surface area contributed by atoms with Crippen LogP contribution >= 0.6 is 11.6 Å². The molecule has 5 nitrogen and oxygen atoms in total. The van der Waals surface area contributed by atoms with Gasteiger partial charge >= 0.3 is 0 Å². The first-order chi connectivity index (χ1) is 13.7. The van der Waals surface area contributed by atoms with Crippen LogP contribution in [-0.2, 0) is 16.1 Å². The fourth-order valence-corrected chi connectivity index (χ4v) is 2.93. The van der Waals surface area contributed by atoms with Gasteiger partial charge in [0.1, 0.15) is 11.8 Å². The second-order valence-corrected chi connectivity index (χ2v) is 7.95. The van der Waals surface area contributed by atoms with Crippen LogP contribution in [0.5, 0.6) is 5.75 Å².